The van der Waals surface area contributed by atoms with Crippen molar-refractivity contribution in [2.75, 3.05) is 29.6 Å². The van der Waals surface area contributed by atoms with E-state index in [0.717, 1.165) is 36.0 Å². The monoisotopic (exact) mass is 533 g/mol. The molecule has 0 fully saturated rings. The van der Waals surface area contributed by atoms with E-state index >= 15 is 0 Å². The fourth-order valence-electron chi connectivity index (χ4n) is 3.91. The number of fused-ring (bicyclic) bond motifs is 1. The summed E-state index contributed by atoms with van der Waals surface area (Å²) in [7, 11) is -3.55. The van der Waals surface area contributed by atoms with Crippen LogP contribution < -0.4 is 10.2 Å². The van der Waals surface area contributed by atoms with Gasteiger partial charge in [0, 0.05) is 44.1 Å². The Kier molecular flexibility index (Phi) is 6.06. The largest absolute Gasteiger partial charge is 0.419 e. The van der Waals surface area contributed by atoms with Crippen molar-refractivity contribution in [3.63, 3.8) is 0 Å². The summed E-state index contributed by atoms with van der Waals surface area (Å²) in [4.78, 5) is 18.0. The Morgan fingerprint density at radius 1 is 1.05 bits per heavy atom. The topological polar surface area (TPSA) is 105 Å². The average molecular weight is 534 g/mol. The molecule has 0 amide bonds. The third-order valence-corrected chi connectivity index (χ3v) is 6.95. The highest BCUT2D eigenvalue weighted by Crippen LogP contribution is 2.30. The molecule has 3 aromatic heterocycles. The number of rotatable bonds is 5. The molecule has 0 atom stereocenters. The molecule has 0 saturated carbocycles. The molecule has 0 aliphatic carbocycles. The van der Waals surface area contributed by atoms with Gasteiger partial charge in [0.15, 0.2) is 21.3 Å². The minimum atomic E-state index is -4.50. The van der Waals surface area contributed by atoms with E-state index in [2.05, 4.69) is 25.3 Å². The fraction of sp³-hybridized carbons (Fsp3) is 0.217. The molecule has 0 spiro atoms. The lowest BCUT2D eigenvalue weighted by molar-refractivity contribution is -0.138. The zero-order valence-corrected chi connectivity index (χ0v) is 20.1. The van der Waals surface area contributed by atoms with E-state index in [1.54, 1.807) is 21.7 Å². The predicted molar refractivity (Wildman–Crippen MR) is 128 cm³/mol. The van der Waals surface area contributed by atoms with E-state index in [4.69, 9.17) is 0 Å². The molecule has 0 radical (unpaired) electrons. The average Bonchev–Trinajstić information content (AvgIpc) is 3.29. The molecule has 1 aliphatic rings. The maximum absolute atomic E-state index is 14.6. The number of aromatic nitrogens is 5. The molecule has 1 N–H and O–H groups in total. The van der Waals surface area contributed by atoms with Gasteiger partial charge in [-0.1, -0.05) is 6.08 Å². The molecule has 37 heavy (non-hydrogen) atoms. The zero-order chi connectivity index (χ0) is 26.4. The van der Waals surface area contributed by atoms with Gasteiger partial charge in [0.05, 0.1) is 28.0 Å². The summed E-state index contributed by atoms with van der Waals surface area (Å²) in [6, 6.07) is 3.56. The fourth-order valence-corrected chi connectivity index (χ4v) is 4.55. The molecule has 4 aromatic rings. The standard InChI is InChI=1S/C23H19F4N7O2S/c1-37(35,36)16-2-3-18(17(24)10-16)32-20-21-29-13-19(34(21)9-6-28-20)14-4-7-33(8-5-14)22-30-11-15(12-31-22)23(25,26)27/h2-4,6,9-13H,5,7-8H2,1H3,(H,28,32). The molecule has 192 valence electrons. The van der Waals surface area contributed by atoms with Crippen molar-refractivity contribution in [2.45, 2.75) is 17.5 Å². The third kappa shape index (κ3) is 4.96. The number of sulfone groups is 1. The lowest BCUT2D eigenvalue weighted by atomic mass is 10.1. The second-order valence-electron chi connectivity index (χ2n) is 8.35. The van der Waals surface area contributed by atoms with Crippen molar-refractivity contribution in [2.24, 2.45) is 0 Å². The maximum Gasteiger partial charge on any atom is 0.419 e. The molecular formula is C23H19F4N7O2S. The van der Waals surface area contributed by atoms with Gasteiger partial charge in [-0.05, 0) is 30.2 Å². The Bertz CT molecular complexity index is 1620. The summed E-state index contributed by atoms with van der Waals surface area (Å²) in [6.45, 7) is 0.876. The Morgan fingerprint density at radius 3 is 2.43 bits per heavy atom. The van der Waals surface area contributed by atoms with Crippen LogP contribution in [0.4, 0.5) is 35.0 Å². The van der Waals surface area contributed by atoms with Crippen LogP contribution in [-0.4, -0.2) is 52.1 Å². The molecule has 1 aromatic carbocycles. The van der Waals surface area contributed by atoms with Gasteiger partial charge in [0.25, 0.3) is 0 Å². The molecule has 0 saturated heterocycles. The van der Waals surface area contributed by atoms with Crippen LogP contribution in [0.3, 0.4) is 0 Å². The minimum absolute atomic E-state index is 0.0432. The zero-order valence-electron chi connectivity index (χ0n) is 19.2. The molecule has 1 aliphatic heterocycles. The molecule has 9 nitrogen and oxygen atoms in total. The number of hydrogen-bond acceptors (Lipinski definition) is 8. The highest BCUT2D eigenvalue weighted by molar-refractivity contribution is 7.90. The number of hydrogen-bond donors (Lipinski definition) is 1. The van der Waals surface area contributed by atoms with Crippen LogP contribution in [0.1, 0.15) is 17.7 Å². The number of nitrogens with zero attached hydrogens (tertiary/aromatic N) is 6. The molecule has 0 unspecified atom stereocenters. The number of halogens is 4. The number of imidazole rings is 1. The van der Waals surface area contributed by atoms with E-state index in [-0.39, 0.29) is 22.3 Å². The number of anilines is 3. The summed E-state index contributed by atoms with van der Waals surface area (Å²) in [5, 5.41) is 2.87. The molecule has 4 heterocycles. The SMILES string of the molecule is CS(=O)(=O)c1ccc(Nc2nccn3c(C4=CCN(c5ncc(C(F)(F)F)cn5)CC4)cnc23)c(F)c1. The van der Waals surface area contributed by atoms with Crippen molar-refractivity contribution in [1.82, 2.24) is 24.3 Å². The summed E-state index contributed by atoms with van der Waals surface area (Å²) >= 11 is 0. The van der Waals surface area contributed by atoms with Gasteiger partial charge < -0.3 is 10.2 Å². The lowest BCUT2D eigenvalue weighted by Gasteiger charge is -2.26. The van der Waals surface area contributed by atoms with Crippen LogP contribution >= 0.6 is 0 Å². The van der Waals surface area contributed by atoms with Crippen molar-refractivity contribution in [3.8, 4) is 0 Å². The second-order valence-corrected chi connectivity index (χ2v) is 10.4. The van der Waals surface area contributed by atoms with Gasteiger partial charge in [-0.15, -0.1) is 0 Å². The van der Waals surface area contributed by atoms with Crippen LogP contribution in [-0.2, 0) is 16.0 Å². The van der Waals surface area contributed by atoms with Crippen LogP contribution in [0.25, 0.3) is 11.2 Å². The highest BCUT2D eigenvalue weighted by Gasteiger charge is 2.31. The first kappa shape index (κ1) is 24.6. The quantitative estimate of drug-likeness (QED) is 0.382. The van der Waals surface area contributed by atoms with E-state index in [1.165, 1.54) is 18.3 Å². The smallest absolute Gasteiger partial charge is 0.337 e. The first-order valence-corrected chi connectivity index (χ1v) is 12.8. The van der Waals surface area contributed by atoms with Gasteiger partial charge in [0.2, 0.25) is 5.95 Å². The Hall–Kier alpha value is -4.07. The van der Waals surface area contributed by atoms with Crippen LogP contribution in [0, 0.1) is 5.82 Å². The van der Waals surface area contributed by atoms with Crippen LogP contribution in [0.5, 0.6) is 0 Å². The number of alkyl halides is 3. The molecule has 14 heteroatoms. The van der Waals surface area contributed by atoms with Gasteiger partial charge >= 0.3 is 6.18 Å². The van der Waals surface area contributed by atoms with Crippen LogP contribution in [0.15, 0.2) is 60.2 Å². The predicted octanol–water partition coefficient (Wildman–Crippen LogP) is 4.12. The minimum Gasteiger partial charge on any atom is -0.337 e. The van der Waals surface area contributed by atoms with Crippen LogP contribution in [0.2, 0.25) is 0 Å². The first-order chi connectivity index (χ1) is 17.5. The van der Waals surface area contributed by atoms with Gasteiger partial charge in [-0.2, -0.15) is 13.2 Å². The molecule has 0 bridgehead atoms. The summed E-state index contributed by atoms with van der Waals surface area (Å²) in [6.07, 6.45) is 5.41. The lowest BCUT2D eigenvalue weighted by Crippen LogP contribution is -2.30. The Balaban J connectivity index is 1.37. The Labute approximate surface area is 208 Å². The van der Waals surface area contributed by atoms with Crippen molar-refractivity contribution in [3.05, 3.63) is 72.3 Å². The highest BCUT2D eigenvalue weighted by atomic mass is 32.2. The maximum atomic E-state index is 14.6. The van der Waals surface area contributed by atoms with Crippen molar-refractivity contribution < 1.29 is 26.0 Å². The van der Waals surface area contributed by atoms with Crippen molar-refractivity contribution in [1.29, 1.82) is 0 Å². The van der Waals surface area contributed by atoms with E-state index in [1.807, 2.05) is 6.08 Å². The van der Waals surface area contributed by atoms with Gasteiger partial charge in [-0.3, -0.25) is 4.40 Å². The summed E-state index contributed by atoms with van der Waals surface area (Å²) in [5.41, 5.74) is 1.30. The van der Waals surface area contributed by atoms with Crippen molar-refractivity contribution >= 4 is 38.5 Å². The summed E-state index contributed by atoms with van der Waals surface area (Å²) < 4.78 is 78.0. The number of benzene rings is 1. The first-order valence-electron chi connectivity index (χ1n) is 10.9. The number of nitrogens with one attached hydrogen (secondary N) is 1. The van der Waals surface area contributed by atoms with Gasteiger partial charge in [-0.25, -0.2) is 32.7 Å². The molecule has 5 rings (SSSR count). The Morgan fingerprint density at radius 2 is 1.81 bits per heavy atom. The summed E-state index contributed by atoms with van der Waals surface area (Å²) in [5.74, 6) is -0.268. The molecular weight excluding hydrogens is 514 g/mol. The van der Waals surface area contributed by atoms with E-state index in [9.17, 15) is 26.0 Å². The van der Waals surface area contributed by atoms with Gasteiger partial charge in [0.1, 0.15) is 5.82 Å². The second kappa shape index (κ2) is 9.10. The van der Waals surface area contributed by atoms with E-state index in [0.29, 0.717) is 25.2 Å². The van der Waals surface area contributed by atoms with E-state index < -0.39 is 27.4 Å². The third-order valence-electron chi connectivity index (χ3n) is 5.84. The normalized spacial score (nSPS) is 14.6.